The monoisotopic (exact) mass is 332 g/mol. The van der Waals surface area contributed by atoms with E-state index in [4.69, 9.17) is 4.98 Å². The van der Waals surface area contributed by atoms with Gasteiger partial charge in [0.15, 0.2) is 0 Å². The van der Waals surface area contributed by atoms with Crippen molar-refractivity contribution in [1.29, 1.82) is 0 Å². The predicted octanol–water partition coefficient (Wildman–Crippen LogP) is 4.07. The Morgan fingerprint density at radius 3 is 2.77 bits per heavy atom. The number of thiazole rings is 1. The molecule has 0 spiro atoms. The van der Waals surface area contributed by atoms with Crippen LogP contribution in [-0.2, 0) is 13.6 Å². The molecule has 0 aromatic carbocycles. The van der Waals surface area contributed by atoms with Crippen molar-refractivity contribution in [1.82, 2.24) is 20.1 Å². The first-order chi connectivity index (χ1) is 10.6. The zero-order valence-corrected chi connectivity index (χ0v) is 14.9. The lowest BCUT2D eigenvalue weighted by atomic mass is 10.1. The molecule has 6 heteroatoms. The molecule has 0 aliphatic rings. The van der Waals surface area contributed by atoms with Crippen molar-refractivity contribution in [2.75, 3.05) is 0 Å². The van der Waals surface area contributed by atoms with Crippen molar-refractivity contribution in [3.8, 4) is 10.6 Å². The predicted molar refractivity (Wildman–Crippen MR) is 93.4 cm³/mol. The Bertz CT molecular complexity index is 755. The summed E-state index contributed by atoms with van der Waals surface area (Å²) in [6, 6.07) is 2.38. The Balaban J connectivity index is 1.67. The minimum Gasteiger partial charge on any atom is -0.304 e. The van der Waals surface area contributed by atoms with Crippen LogP contribution < -0.4 is 5.32 Å². The average Bonchev–Trinajstić information content (AvgIpc) is 3.19. The molecule has 0 saturated heterocycles. The molecule has 1 atom stereocenters. The van der Waals surface area contributed by atoms with Gasteiger partial charge < -0.3 is 5.32 Å². The van der Waals surface area contributed by atoms with E-state index < -0.39 is 0 Å². The van der Waals surface area contributed by atoms with Crippen molar-refractivity contribution in [3.05, 3.63) is 44.9 Å². The van der Waals surface area contributed by atoms with Gasteiger partial charge in [-0.2, -0.15) is 16.4 Å². The number of thiophene rings is 1. The van der Waals surface area contributed by atoms with Gasteiger partial charge in [0.2, 0.25) is 0 Å². The average molecular weight is 332 g/mol. The summed E-state index contributed by atoms with van der Waals surface area (Å²) in [6.45, 7) is 7.14. The van der Waals surface area contributed by atoms with E-state index in [1.165, 1.54) is 16.8 Å². The third-order valence-corrected chi connectivity index (χ3v) is 5.53. The van der Waals surface area contributed by atoms with Crippen LogP contribution in [0.4, 0.5) is 0 Å². The maximum absolute atomic E-state index is 4.71. The van der Waals surface area contributed by atoms with E-state index in [-0.39, 0.29) is 6.04 Å². The molecule has 0 bridgehead atoms. The highest BCUT2D eigenvalue weighted by atomic mass is 32.1. The molecule has 3 aromatic rings. The minimum absolute atomic E-state index is 0.264. The number of nitrogens with one attached hydrogen (secondary N) is 1. The van der Waals surface area contributed by atoms with Gasteiger partial charge in [0.1, 0.15) is 5.01 Å². The van der Waals surface area contributed by atoms with Gasteiger partial charge in [-0.1, -0.05) is 0 Å². The molecule has 0 aliphatic carbocycles. The maximum atomic E-state index is 4.71. The number of rotatable bonds is 5. The maximum Gasteiger partial charge on any atom is 0.124 e. The van der Waals surface area contributed by atoms with Gasteiger partial charge in [0.05, 0.1) is 11.4 Å². The molecule has 0 radical (unpaired) electrons. The zero-order valence-electron chi connectivity index (χ0n) is 13.3. The van der Waals surface area contributed by atoms with Crippen molar-refractivity contribution in [3.63, 3.8) is 0 Å². The van der Waals surface area contributed by atoms with Gasteiger partial charge in [0, 0.05) is 47.2 Å². The quantitative estimate of drug-likeness (QED) is 0.766. The lowest BCUT2D eigenvalue weighted by Gasteiger charge is -2.13. The van der Waals surface area contributed by atoms with Crippen LogP contribution in [0.2, 0.25) is 0 Å². The summed E-state index contributed by atoms with van der Waals surface area (Å²) in [5, 5.41) is 15.5. The fourth-order valence-corrected chi connectivity index (χ4v) is 4.22. The number of aryl methyl sites for hydroxylation is 2. The highest BCUT2D eigenvalue weighted by Crippen LogP contribution is 2.26. The van der Waals surface area contributed by atoms with Crippen LogP contribution in [0.3, 0.4) is 0 Å². The van der Waals surface area contributed by atoms with Crippen molar-refractivity contribution < 1.29 is 0 Å². The molecule has 22 heavy (non-hydrogen) atoms. The van der Waals surface area contributed by atoms with Gasteiger partial charge >= 0.3 is 0 Å². The SMILES string of the molecule is Cc1nn(C)c(C)c1[C@H](C)NCc1csc(-c2ccsc2)n1. The molecule has 116 valence electrons. The van der Waals surface area contributed by atoms with E-state index in [0.29, 0.717) is 0 Å². The third-order valence-electron chi connectivity index (χ3n) is 3.91. The lowest BCUT2D eigenvalue weighted by Crippen LogP contribution is -2.19. The Kier molecular flexibility index (Phi) is 4.42. The number of hydrogen-bond acceptors (Lipinski definition) is 5. The lowest BCUT2D eigenvalue weighted by molar-refractivity contribution is 0.563. The molecular formula is C16H20N4S2. The second-order valence-electron chi connectivity index (χ2n) is 5.47. The van der Waals surface area contributed by atoms with Crippen LogP contribution in [0, 0.1) is 13.8 Å². The summed E-state index contributed by atoms with van der Waals surface area (Å²) in [4.78, 5) is 4.71. The van der Waals surface area contributed by atoms with Crippen LogP contribution in [0.15, 0.2) is 22.2 Å². The molecule has 4 nitrogen and oxygen atoms in total. The largest absolute Gasteiger partial charge is 0.304 e. The first kappa shape index (κ1) is 15.4. The second kappa shape index (κ2) is 6.32. The normalized spacial score (nSPS) is 12.7. The summed E-state index contributed by atoms with van der Waals surface area (Å²) in [5.41, 5.74) is 5.91. The smallest absolute Gasteiger partial charge is 0.124 e. The molecule has 0 saturated carbocycles. The summed E-state index contributed by atoms with van der Waals surface area (Å²) in [7, 11) is 1.99. The summed E-state index contributed by atoms with van der Waals surface area (Å²) >= 11 is 3.41. The van der Waals surface area contributed by atoms with E-state index in [2.05, 4.69) is 53.4 Å². The van der Waals surface area contributed by atoms with Crippen LogP contribution >= 0.6 is 22.7 Å². The van der Waals surface area contributed by atoms with Crippen LogP contribution in [0.25, 0.3) is 10.6 Å². The van der Waals surface area contributed by atoms with E-state index in [1.807, 2.05) is 11.7 Å². The number of nitrogens with zero attached hydrogens (tertiary/aromatic N) is 3. The molecule has 3 rings (SSSR count). The molecule has 0 unspecified atom stereocenters. The Morgan fingerprint density at radius 2 is 2.14 bits per heavy atom. The van der Waals surface area contributed by atoms with E-state index >= 15 is 0 Å². The second-order valence-corrected chi connectivity index (χ2v) is 7.10. The first-order valence-corrected chi connectivity index (χ1v) is 9.09. The van der Waals surface area contributed by atoms with Crippen LogP contribution in [0.5, 0.6) is 0 Å². The molecule has 3 heterocycles. The van der Waals surface area contributed by atoms with E-state index in [9.17, 15) is 0 Å². The number of hydrogen-bond donors (Lipinski definition) is 1. The molecule has 3 aromatic heterocycles. The highest BCUT2D eigenvalue weighted by molar-refractivity contribution is 7.14. The Hall–Kier alpha value is -1.50. The molecule has 0 amide bonds. The fourth-order valence-electron chi connectivity index (χ4n) is 2.68. The molecule has 0 aliphatic heterocycles. The standard InChI is InChI=1S/C16H20N4S2/c1-10(15-11(2)19-20(4)12(15)3)17-7-14-9-22-16(18-14)13-5-6-21-8-13/h5-6,8-10,17H,7H2,1-4H3/t10-/m0/s1. The highest BCUT2D eigenvalue weighted by Gasteiger charge is 2.16. The van der Waals surface area contributed by atoms with Gasteiger partial charge in [0.25, 0.3) is 0 Å². The van der Waals surface area contributed by atoms with E-state index in [0.717, 1.165) is 22.9 Å². The fraction of sp³-hybridized carbons (Fsp3) is 0.375. The topological polar surface area (TPSA) is 42.7 Å². The van der Waals surface area contributed by atoms with Gasteiger partial charge in [-0.3, -0.25) is 4.68 Å². The van der Waals surface area contributed by atoms with Crippen molar-refractivity contribution in [2.45, 2.75) is 33.4 Å². The summed E-state index contributed by atoms with van der Waals surface area (Å²) in [5.74, 6) is 0. The molecule has 0 fully saturated rings. The minimum atomic E-state index is 0.264. The van der Waals surface area contributed by atoms with Crippen molar-refractivity contribution in [2.24, 2.45) is 7.05 Å². The number of aromatic nitrogens is 3. The van der Waals surface area contributed by atoms with Gasteiger partial charge in [-0.25, -0.2) is 4.98 Å². The van der Waals surface area contributed by atoms with Gasteiger partial charge in [-0.05, 0) is 32.2 Å². The van der Waals surface area contributed by atoms with Crippen molar-refractivity contribution >= 4 is 22.7 Å². The molecule has 1 N–H and O–H groups in total. The van der Waals surface area contributed by atoms with Crippen LogP contribution in [-0.4, -0.2) is 14.8 Å². The first-order valence-electron chi connectivity index (χ1n) is 7.26. The third kappa shape index (κ3) is 2.99. The van der Waals surface area contributed by atoms with Crippen LogP contribution in [0.1, 0.15) is 35.6 Å². The Labute approximate surface area is 138 Å². The summed E-state index contributed by atoms with van der Waals surface area (Å²) in [6.07, 6.45) is 0. The molecular weight excluding hydrogens is 312 g/mol. The zero-order chi connectivity index (χ0) is 15.7. The van der Waals surface area contributed by atoms with Gasteiger partial charge in [-0.15, -0.1) is 11.3 Å². The summed E-state index contributed by atoms with van der Waals surface area (Å²) < 4.78 is 1.94. The Morgan fingerprint density at radius 1 is 1.32 bits per heavy atom. The van der Waals surface area contributed by atoms with E-state index in [1.54, 1.807) is 22.7 Å².